The number of nitrogens with zero attached hydrogens (tertiary/aromatic N) is 3. The molecule has 0 radical (unpaired) electrons. The first-order valence-corrected chi connectivity index (χ1v) is 6.78. The first-order chi connectivity index (χ1) is 8.74. The van der Waals surface area contributed by atoms with Gasteiger partial charge in [-0.3, -0.25) is 4.90 Å². The largest absolute Gasteiger partial charge is 0.398 e. The summed E-state index contributed by atoms with van der Waals surface area (Å²) < 4.78 is 3.29. The van der Waals surface area contributed by atoms with E-state index in [1.165, 1.54) is 0 Å². The molecule has 18 heavy (non-hydrogen) atoms. The van der Waals surface area contributed by atoms with Gasteiger partial charge in [0.15, 0.2) is 0 Å². The summed E-state index contributed by atoms with van der Waals surface area (Å²) in [6, 6.07) is 5.95. The van der Waals surface area contributed by atoms with E-state index in [1.807, 2.05) is 30.6 Å². The van der Waals surface area contributed by atoms with Gasteiger partial charge >= 0.3 is 0 Å². The topological polar surface area (TPSA) is 47.1 Å². The molecule has 0 unspecified atom stereocenters. The quantitative estimate of drug-likeness (QED) is 0.866. The van der Waals surface area contributed by atoms with Crippen molar-refractivity contribution in [1.82, 2.24) is 14.5 Å². The van der Waals surface area contributed by atoms with Crippen molar-refractivity contribution in [1.29, 1.82) is 0 Å². The highest BCUT2D eigenvalue weighted by Crippen LogP contribution is 2.25. The molecule has 3 rings (SSSR count). The summed E-state index contributed by atoms with van der Waals surface area (Å²) in [7, 11) is 0. The van der Waals surface area contributed by atoms with Crippen LogP contribution in [0.2, 0.25) is 0 Å². The van der Waals surface area contributed by atoms with Crippen molar-refractivity contribution in [3.8, 4) is 0 Å². The minimum Gasteiger partial charge on any atom is -0.398 e. The van der Waals surface area contributed by atoms with Crippen LogP contribution in [0.1, 0.15) is 11.4 Å². The van der Waals surface area contributed by atoms with Gasteiger partial charge in [0.1, 0.15) is 5.82 Å². The van der Waals surface area contributed by atoms with Crippen LogP contribution < -0.4 is 5.73 Å². The molecule has 94 valence electrons. The van der Waals surface area contributed by atoms with Crippen LogP contribution in [-0.4, -0.2) is 21.0 Å². The lowest BCUT2D eigenvalue weighted by molar-refractivity contribution is 0.209. The number of nitrogen functional groups attached to an aromatic ring is 1. The molecule has 2 aromatic rings. The lowest BCUT2D eigenvalue weighted by atomic mass is 10.1. The molecule has 0 saturated heterocycles. The Morgan fingerprint density at radius 3 is 3.06 bits per heavy atom. The van der Waals surface area contributed by atoms with Gasteiger partial charge in [-0.2, -0.15) is 0 Å². The minimum absolute atomic E-state index is 0.846. The highest BCUT2D eigenvalue weighted by Gasteiger charge is 2.18. The lowest BCUT2D eigenvalue weighted by Gasteiger charge is -2.28. The smallest absolute Gasteiger partial charge is 0.122 e. The number of nitrogens with two attached hydrogens (primary N) is 1. The second-order valence-electron chi connectivity index (χ2n) is 4.56. The number of halogens is 1. The Morgan fingerprint density at radius 1 is 1.33 bits per heavy atom. The molecule has 4 nitrogen and oxygen atoms in total. The summed E-state index contributed by atoms with van der Waals surface area (Å²) in [5, 5.41) is 0. The standard InChI is InChI=1S/C13H15BrN4/c14-11-2-1-3-12(15)10(11)8-17-6-7-18-5-4-16-13(18)9-17/h1-5H,6-9,15H2. The number of imidazole rings is 1. The second-order valence-corrected chi connectivity index (χ2v) is 5.41. The number of anilines is 1. The van der Waals surface area contributed by atoms with E-state index in [2.05, 4.69) is 30.4 Å². The third-order valence-electron chi connectivity index (χ3n) is 3.36. The molecule has 1 aromatic carbocycles. The van der Waals surface area contributed by atoms with Crippen LogP contribution >= 0.6 is 15.9 Å². The van der Waals surface area contributed by atoms with Gasteiger partial charge < -0.3 is 10.3 Å². The molecule has 0 saturated carbocycles. The Morgan fingerprint density at radius 2 is 2.22 bits per heavy atom. The minimum atomic E-state index is 0.846. The number of aromatic nitrogens is 2. The van der Waals surface area contributed by atoms with Gasteiger partial charge in [0.25, 0.3) is 0 Å². The maximum atomic E-state index is 6.04. The number of hydrogen-bond donors (Lipinski definition) is 1. The van der Waals surface area contributed by atoms with Crippen LogP contribution in [0.25, 0.3) is 0 Å². The van der Waals surface area contributed by atoms with Crippen LogP contribution in [0.3, 0.4) is 0 Å². The molecule has 5 heteroatoms. The fourth-order valence-electron chi connectivity index (χ4n) is 2.32. The normalized spacial score (nSPS) is 15.6. The number of fused-ring (bicyclic) bond motifs is 1. The Kier molecular flexibility index (Phi) is 3.09. The van der Waals surface area contributed by atoms with Crippen molar-refractivity contribution in [2.45, 2.75) is 19.6 Å². The van der Waals surface area contributed by atoms with E-state index >= 15 is 0 Å². The monoisotopic (exact) mass is 306 g/mol. The van der Waals surface area contributed by atoms with Crippen molar-refractivity contribution in [3.63, 3.8) is 0 Å². The highest BCUT2D eigenvalue weighted by molar-refractivity contribution is 9.10. The average molecular weight is 307 g/mol. The zero-order valence-electron chi connectivity index (χ0n) is 10.0. The van der Waals surface area contributed by atoms with Gasteiger partial charge in [-0.05, 0) is 12.1 Å². The van der Waals surface area contributed by atoms with Gasteiger partial charge in [0, 0.05) is 47.8 Å². The Hall–Kier alpha value is -1.33. The van der Waals surface area contributed by atoms with Gasteiger partial charge in [-0.1, -0.05) is 22.0 Å². The van der Waals surface area contributed by atoms with Crippen molar-refractivity contribution in [3.05, 3.63) is 46.5 Å². The van der Waals surface area contributed by atoms with E-state index < -0.39 is 0 Å². The number of rotatable bonds is 2. The van der Waals surface area contributed by atoms with Gasteiger partial charge in [-0.15, -0.1) is 0 Å². The number of benzene rings is 1. The molecule has 1 aromatic heterocycles. The van der Waals surface area contributed by atoms with E-state index in [9.17, 15) is 0 Å². The van der Waals surface area contributed by atoms with Crippen LogP contribution in [0.4, 0.5) is 5.69 Å². The summed E-state index contributed by atoms with van der Waals surface area (Å²) >= 11 is 3.57. The summed E-state index contributed by atoms with van der Waals surface area (Å²) in [5.74, 6) is 1.13. The zero-order chi connectivity index (χ0) is 12.5. The maximum absolute atomic E-state index is 6.04. The second kappa shape index (κ2) is 4.74. The van der Waals surface area contributed by atoms with E-state index in [0.717, 1.165) is 47.7 Å². The molecule has 0 aliphatic carbocycles. The zero-order valence-corrected chi connectivity index (χ0v) is 11.6. The molecule has 1 aliphatic heterocycles. The highest BCUT2D eigenvalue weighted by atomic mass is 79.9. The molecule has 2 N–H and O–H groups in total. The van der Waals surface area contributed by atoms with E-state index in [4.69, 9.17) is 5.73 Å². The Balaban J connectivity index is 1.79. The average Bonchev–Trinajstić information content (AvgIpc) is 2.81. The van der Waals surface area contributed by atoms with Crippen molar-refractivity contribution in [2.24, 2.45) is 0 Å². The Bertz CT molecular complexity index is 544. The fraction of sp³-hybridized carbons (Fsp3) is 0.308. The van der Waals surface area contributed by atoms with Crippen LogP contribution in [0.15, 0.2) is 35.1 Å². The van der Waals surface area contributed by atoms with E-state index in [-0.39, 0.29) is 0 Å². The molecule has 0 amide bonds. The Labute approximate surface area is 115 Å². The maximum Gasteiger partial charge on any atom is 0.122 e. The predicted octanol–water partition coefficient (Wildman–Crippen LogP) is 2.24. The van der Waals surface area contributed by atoms with Crippen molar-refractivity contribution >= 4 is 21.6 Å². The fourth-order valence-corrected chi connectivity index (χ4v) is 2.83. The third-order valence-corrected chi connectivity index (χ3v) is 4.10. The van der Waals surface area contributed by atoms with Gasteiger partial charge in [0.05, 0.1) is 6.54 Å². The van der Waals surface area contributed by atoms with Gasteiger partial charge in [0.2, 0.25) is 0 Å². The molecule has 2 heterocycles. The molecule has 0 spiro atoms. The van der Waals surface area contributed by atoms with Crippen molar-refractivity contribution < 1.29 is 0 Å². The summed E-state index contributed by atoms with van der Waals surface area (Å²) in [6.45, 7) is 3.78. The van der Waals surface area contributed by atoms with Crippen LogP contribution in [0.5, 0.6) is 0 Å². The number of hydrogen-bond acceptors (Lipinski definition) is 3. The molecular weight excluding hydrogens is 292 g/mol. The first kappa shape index (κ1) is 11.7. The predicted molar refractivity (Wildman–Crippen MR) is 74.9 cm³/mol. The molecule has 1 aliphatic rings. The first-order valence-electron chi connectivity index (χ1n) is 5.99. The lowest BCUT2D eigenvalue weighted by Crippen LogP contribution is -2.33. The summed E-state index contributed by atoms with van der Waals surface area (Å²) in [4.78, 5) is 6.75. The van der Waals surface area contributed by atoms with E-state index in [1.54, 1.807) is 0 Å². The summed E-state index contributed by atoms with van der Waals surface area (Å²) in [5.41, 5.74) is 8.05. The molecule has 0 atom stereocenters. The van der Waals surface area contributed by atoms with Crippen LogP contribution in [0, 0.1) is 0 Å². The third kappa shape index (κ3) is 2.15. The molecule has 0 bridgehead atoms. The molecule has 0 fully saturated rings. The van der Waals surface area contributed by atoms with Crippen LogP contribution in [-0.2, 0) is 19.6 Å². The van der Waals surface area contributed by atoms with Gasteiger partial charge in [-0.25, -0.2) is 4.98 Å². The molecular formula is C13H15BrN4. The van der Waals surface area contributed by atoms with Crippen molar-refractivity contribution in [2.75, 3.05) is 12.3 Å². The van der Waals surface area contributed by atoms with E-state index in [0.29, 0.717) is 0 Å². The SMILES string of the molecule is Nc1cccc(Br)c1CN1CCn2ccnc2C1. The summed E-state index contributed by atoms with van der Waals surface area (Å²) in [6.07, 6.45) is 3.91.